The fourth-order valence-electron chi connectivity index (χ4n) is 3.26. The Bertz CT molecular complexity index is 1030. The fraction of sp³-hybridized carbons (Fsp3) is 0.400. The van der Waals surface area contributed by atoms with E-state index in [0.717, 1.165) is 42.8 Å². The number of benzene rings is 1. The Hall–Kier alpha value is -2.23. The van der Waals surface area contributed by atoms with E-state index in [4.69, 9.17) is 4.74 Å². The van der Waals surface area contributed by atoms with Gasteiger partial charge in [0.05, 0.1) is 17.1 Å². The smallest absolute Gasteiger partial charge is 0.341 e. The molecule has 29 heavy (non-hydrogen) atoms. The second kappa shape index (κ2) is 8.64. The Morgan fingerprint density at radius 1 is 1.21 bits per heavy atom. The largest absolute Gasteiger partial charge is 0.462 e. The summed E-state index contributed by atoms with van der Waals surface area (Å²) in [5, 5.41) is 3.30. The molecular weight excluding hydrogens is 412 g/mol. The number of anilines is 1. The lowest BCUT2D eigenvalue weighted by Gasteiger charge is -2.25. The molecule has 7 nitrogen and oxygen atoms in total. The zero-order valence-electron chi connectivity index (χ0n) is 16.6. The highest BCUT2D eigenvalue weighted by atomic mass is 32.2. The first-order valence-corrected chi connectivity index (χ1v) is 12.1. The maximum atomic E-state index is 12.7. The minimum atomic E-state index is -3.33. The molecule has 0 fully saturated rings. The summed E-state index contributed by atoms with van der Waals surface area (Å²) in [7, 11) is -3.33. The van der Waals surface area contributed by atoms with E-state index in [1.807, 2.05) is 0 Å². The third-order valence-corrected chi connectivity index (χ3v) is 7.10. The van der Waals surface area contributed by atoms with Crippen LogP contribution in [-0.2, 0) is 27.5 Å². The highest BCUT2D eigenvalue weighted by Gasteiger charge is 2.29. The number of carbonyl (C=O) groups is 2. The lowest BCUT2D eigenvalue weighted by Crippen LogP contribution is -2.30. The predicted octanol–water partition coefficient (Wildman–Crippen LogP) is 2.96. The molecule has 0 unspecified atom stereocenters. The van der Waals surface area contributed by atoms with Crippen molar-refractivity contribution in [1.29, 1.82) is 0 Å². The van der Waals surface area contributed by atoms with Crippen molar-refractivity contribution in [3.05, 3.63) is 45.8 Å². The fourth-order valence-corrected chi connectivity index (χ4v) is 5.17. The minimum absolute atomic E-state index is 0.146. The number of thiophene rings is 1. The molecule has 2 heterocycles. The van der Waals surface area contributed by atoms with Gasteiger partial charge in [0.1, 0.15) is 5.00 Å². The number of rotatable bonds is 6. The Balaban J connectivity index is 1.90. The van der Waals surface area contributed by atoms with Crippen LogP contribution in [0.3, 0.4) is 0 Å². The summed E-state index contributed by atoms with van der Waals surface area (Å²) in [6, 6.07) is 5.72. The second-order valence-corrected chi connectivity index (χ2v) is 9.92. The Kier molecular flexibility index (Phi) is 6.40. The Morgan fingerprint density at radius 3 is 2.48 bits per heavy atom. The summed E-state index contributed by atoms with van der Waals surface area (Å²) in [6.07, 6.45) is 1.84. The predicted molar refractivity (Wildman–Crippen MR) is 112 cm³/mol. The average Bonchev–Trinajstić information content (AvgIpc) is 3.04. The lowest BCUT2D eigenvalue weighted by molar-refractivity contribution is 0.0526. The van der Waals surface area contributed by atoms with Gasteiger partial charge in [0.15, 0.2) is 9.84 Å². The summed E-state index contributed by atoms with van der Waals surface area (Å²) < 4.78 is 28.4. The summed E-state index contributed by atoms with van der Waals surface area (Å²) in [4.78, 5) is 28.8. The molecule has 1 aliphatic heterocycles. The zero-order valence-corrected chi connectivity index (χ0v) is 18.3. The van der Waals surface area contributed by atoms with Crippen molar-refractivity contribution < 1.29 is 22.7 Å². The molecule has 1 aliphatic rings. The molecule has 0 aliphatic carbocycles. The van der Waals surface area contributed by atoms with Gasteiger partial charge in [-0.1, -0.05) is 6.92 Å². The first-order valence-electron chi connectivity index (χ1n) is 9.40. The van der Waals surface area contributed by atoms with Crippen molar-refractivity contribution in [1.82, 2.24) is 4.90 Å². The molecule has 0 saturated heterocycles. The van der Waals surface area contributed by atoms with Crippen LogP contribution in [0.1, 0.15) is 45.0 Å². The topological polar surface area (TPSA) is 92.8 Å². The first-order chi connectivity index (χ1) is 13.7. The van der Waals surface area contributed by atoms with E-state index in [1.165, 1.54) is 35.6 Å². The van der Waals surface area contributed by atoms with Crippen LogP contribution in [0.15, 0.2) is 29.2 Å². The molecule has 1 N–H and O–H groups in total. The summed E-state index contributed by atoms with van der Waals surface area (Å²) in [5.74, 6) is -0.834. The SMILES string of the molecule is CCOC(=O)c1c(NC(=O)c2ccc(S(C)(=O)=O)cc2)sc2c1CCN(CC)C2. The molecule has 0 bridgehead atoms. The summed E-state index contributed by atoms with van der Waals surface area (Å²) in [5.41, 5.74) is 1.69. The van der Waals surface area contributed by atoms with Crippen LogP contribution < -0.4 is 5.32 Å². The molecule has 1 amide bonds. The van der Waals surface area contributed by atoms with Crippen molar-refractivity contribution in [3.63, 3.8) is 0 Å². The maximum absolute atomic E-state index is 12.7. The highest BCUT2D eigenvalue weighted by Crippen LogP contribution is 2.37. The van der Waals surface area contributed by atoms with E-state index in [-0.39, 0.29) is 11.5 Å². The van der Waals surface area contributed by atoms with Gasteiger partial charge in [0.2, 0.25) is 0 Å². The number of hydrogen-bond acceptors (Lipinski definition) is 7. The maximum Gasteiger partial charge on any atom is 0.341 e. The van der Waals surface area contributed by atoms with E-state index >= 15 is 0 Å². The molecule has 0 atom stereocenters. The number of esters is 1. The normalized spacial score (nSPS) is 14.3. The Morgan fingerprint density at radius 2 is 1.90 bits per heavy atom. The second-order valence-electron chi connectivity index (χ2n) is 6.80. The van der Waals surface area contributed by atoms with Gasteiger partial charge in [-0.05, 0) is 49.7 Å². The molecule has 9 heteroatoms. The number of amides is 1. The van der Waals surface area contributed by atoms with Crippen LogP contribution in [0.2, 0.25) is 0 Å². The monoisotopic (exact) mass is 436 g/mol. The lowest BCUT2D eigenvalue weighted by atomic mass is 10.0. The Labute approximate surface area is 174 Å². The van der Waals surface area contributed by atoms with Crippen LogP contribution >= 0.6 is 11.3 Å². The number of nitrogens with zero attached hydrogens (tertiary/aromatic N) is 1. The minimum Gasteiger partial charge on any atom is -0.462 e. The number of ether oxygens (including phenoxy) is 1. The van der Waals surface area contributed by atoms with E-state index in [2.05, 4.69) is 17.1 Å². The molecule has 2 aromatic rings. The molecule has 1 aromatic carbocycles. The number of carbonyl (C=O) groups excluding carboxylic acids is 2. The van der Waals surface area contributed by atoms with Crippen LogP contribution in [0.25, 0.3) is 0 Å². The van der Waals surface area contributed by atoms with E-state index in [9.17, 15) is 18.0 Å². The van der Waals surface area contributed by atoms with Gasteiger partial charge in [-0.15, -0.1) is 11.3 Å². The third-order valence-electron chi connectivity index (χ3n) is 4.83. The van der Waals surface area contributed by atoms with E-state index in [1.54, 1.807) is 6.92 Å². The zero-order chi connectivity index (χ0) is 21.2. The van der Waals surface area contributed by atoms with Gasteiger partial charge >= 0.3 is 5.97 Å². The van der Waals surface area contributed by atoms with Crippen molar-refractivity contribution in [2.24, 2.45) is 0 Å². The van der Waals surface area contributed by atoms with Crippen molar-refractivity contribution in [2.45, 2.75) is 31.7 Å². The van der Waals surface area contributed by atoms with Crippen LogP contribution in [0.5, 0.6) is 0 Å². The summed E-state index contributed by atoms with van der Waals surface area (Å²) >= 11 is 1.40. The van der Waals surface area contributed by atoms with Gasteiger partial charge in [0.25, 0.3) is 5.91 Å². The van der Waals surface area contributed by atoms with Gasteiger partial charge in [0, 0.05) is 29.8 Å². The van der Waals surface area contributed by atoms with Gasteiger partial charge in [-0.2, -0.15) is 0 Å². The van der Waals surface area contributed by atoms with Crippen LogP contribution in [0, 0.1) is 0 Å². The van der Waals surface area contributed by atoms with Gasteiger partial charge in [-0.25, -0.2) is 13.2 Å². The quantitative estimate of drug-likeness (QED) is 0.700. The molecule has 0 radical (unpaired) electrons. The number of nitrogens with one attached hydrogen (secondary N) is 1. The van der Waals surface area contributed by atoms with Crippen molar-refractivity contribution in [2.75, 3.05) is 31.3 Å². The van der Waals surface area contributed by atoms with Crippen molar-refractivity contribution >= 4 is 38.1 Å². The number of hydrogen-bond donors (Lipinski definition) is 1. The molecule has 0 spiro atoms. The van der Waals surface area contributed by atoms with E-state index < -0.39 is 21.7 Å². The van der Waals surface area contributed by atoms with Gasteiger partial charge < -0.3 is 10.1 Å². The van der Waals surface area contributed by atoms with Crippen molar-refractivity contribution in [3.8, 4) is 0 Å². The molecule has 1 aromatic heterocycles. The first kappa shape index (κ1) is 21.5. The third kappa shape index (κ3) is 4.68. The average molecular weight is 437 g/mol. The number of likely N-dealkylation sites (N-methyl/N-ethyl adjacent to an activating group) is 1. The van der Waals surface area contributed by atoms with Gasteiger partial charge in [-0.3, -0.25) is 9.69 Å². The summed E-state index contributed by atoms with van der Waals surface area (Å²) in [6.45, 7) is 6.60. The van der Waals surface area contributed by atoms with E-state index in [0.29, 0.717) is 16.1 Å². The standard InChI is InChI=1S/C20H24N2O5S2/c1-4-22-11-10-15-16(12-22)28-19(17(15)20(24)27-5-2)21-18(23)13-6-8-14(9-7-13)29(3,25)26/h6-9H,4-5,10-12H2,1-3H3,(H,21,23). The number of fused-ring (bicyclic) bond motifs is 1. The van der Waals surface area contributed by atoms with Crippen LogP contribution in [0.4, 0.5) is 5.00 Å². The molecular formula is C20H24N2O5S2. The highest BCUT2D eigenvalue weighted by molar-refractivity contribution is 7.90. The molecule has 156 valence electrons. The molecule has 0 saturated carbocycles. The molecule has 3 rings (SSSR count). The van der Waals surface area contributed by atoms with Crippen LogP contribution in [-0.4, -0.2) is 51.1 Å². The number of sulfone groups is 1.